The summed E-state index contributed by atoms with van der Waals surface area (Å²) in [4.78, 5) is 10.6. The number of hydrogen-bond donors (Lipinski definition) is 2. The van der Waals surface area contributed by atoms with Crippen LogP contribution < -0.4 is 4.72 Å². The Bertz CT molecular complexity index is 698. The van der Waals surface area contributed by atoms with E-state index in [1.807, 2.05) is 0 Å². The van der Waals surface area contributed by atoms with Crippen molar-refractivity contribution in [3.05, 3.63) is 29.3 Å². The minimum absolute atomic E-state index is 0.00526. The SMILES string of the molecule is CC(C(=O)O)S(=O)(=O)Nc1ccc(C#N)c(C#N)c1. The van der Waals surface area contributed by atoms with Gasteiger partial charge in [-0.2, -0.15) is 10.5 Å². The van der Waals surface area contributed by atoms with Gasteiger partial charge in [0.05, 0.1) is 11.1 Å². The first-order valence-electron chi connectivity index (χ1n) is 5.00. The highest BCUT2D eigenvalue weighted by atomic mass is 32.2. The number of nitrogens with one attached hydrogen (secondary N) is 1. The van der Waals surface area contributed by atoms with Crippen LogP contribution in [0.25, 0.3) is 0 Å². The zero-order valence-electron chi connectivity index (χ0n) is 9.78. The maximum Gasteiger partial charge on any atom is 0.323 e. The number of nitrogens with zero attached hydrogens (tertiary/aromatic N) is 2. The van der Waals surface area contributed by atoms with Crippen molar-refractivity contribution < 1.29 is 18.3 Å². The molecule has 19 heavy (non-hydrogen) atoms. The van der Waals surface area contributed by atoms with E-state index in [9.17, 15) is 13.2 Å². The highest BCUT2D eigenvalue weighted by molar-refractivity contribution is 7.94. The Balaban J connectivity index is 3.12. The second-order valence-electron chi connectivity index (χ2n) is 3.61. The van der Waals surface area contributed by atoms with Gasteiger partial charge in [0, 0.05) is 5.69 Å². The van der Waals surface area contributed by atoms with Crippen LogP contribution in [0.1, 0.15) is 18.1 Å². The molecule has 1 rings (SSSR count). The monoisotopic (exact) mass is 279 g/mol. The molecule has 0 radical (unpaired) electrons. The molecule has 0 amide bonds. The molecule has 1 aromatic carbocycles. The molecular weight excluding hydrogens is 270 g/mol. The molecule has 0 aliphatic rings. The van der Waals surface area contributed by atoms with Crippen LogP contribution in [0.2, 0.25) is 0 Å². The predicted molar refractivity (Wildman–Crippen MR) is 65.5 cm³/mol. The molecule has 0 saturated heterocycles. The Hall–Kier alpha value is -2.58. The van der Waals surface area contributed by atoms with E-state index in [1.54, 1.807) is 12.1 Å². The molecule has 0 heterocycles. The fourth-order valence-electron chi connectivity index (χ4n) is 1.18. The molecule has 2 N–H and O–H groups in total. The molecule has 0 aliphatic carbocycles. The van der Waals surface area contributed by atoms with Crippen LogP contribution >= 0.6 is 0 Å². The number of benzene rings is 1. The molecule has 1 unspecified atom stereocenters. The first-order valence-corrected chi connectivity index (χ1v) is 6.55. The summed E-state index contributed by atoms with van der Waals surface area (Å²) in [5, 5.41) is 24.5. The van der Waals surface area contributed by atoms with Crippen LogP contribution in [0, 0.1) is 22.7 Å². The van der Waals surface area contributed by atoms with Gasteiger partial charge < -0.3 is 5.11 Å². The molecule has 0 fully saturated rings. The molecule has 0 aliphatic heterocycles. The molecule has 1 atom stereocenters. The number of hydrogen-bond acceptors (Lipinski definition) is 5. The lowest BCUT2D eigenvalue weighted by molar-refractivity contribution is -0.136. The summed E-state index contributed by atoms with van der Waals surface area (Å²) >= 11 is 0. The third-order valence-corrected chi connectivity index (χ3v) is 3.99. The summed E-state index contributed by atoms with van der Waals surface area (Å²) in [7, 11) is -4.10. The first-order chi connectivity index (χ1) is 8.81. The van der Waals surface area contributed by atoms with E-state index < -0.39 is 21.2 Å². The van der Waals surface area contributed by atoms with E-state index in [2.05, 4.69) is 4.72 Å². The summed E-state index contributed by atoms with van der Waals surface area (Å²) in [5.41, 5.74) is 0.144. The van der Waals surface area contributed by atoms with Gasteiger partial charge in [-0.05, 0) is 25.1 Å². The summed E-state index contributed by atoms with van der Waals surface area (Å²) in [5.74, 6) is -1.48. The number of carboxylic acid groups (broad SMARTS) is 1. The second kappa shape index (κ2) is 5.38. The Morgan fingerprint density at radius 2 is 1.89 bits per heavy atom. The van der Waals surface area contributed by atoms with Crippen molar-refractivity contribution in [3.8, 4) is 12.1 Å². The molecule has 0 saturated carbocycles. The third-order valence-electron chi connectivity index (χ3n) is 2.33. The molecule has 7 nitrogen and oxygen atoms in total. The molecule has 8 heteroatoms. The number of carboxylic acids is 1. The number of anilines is 1. The number of carbonyl (C=O) groups is 1. The third kappa shape index (κ3) is 3.21. The Morgan fingerprint density at radius 1 is 1.32 bits per heavy atom. The topological polar surface area (TPSA) is 131 Å². The lowest BCUT2D eigenvalue weighted by Crippen LogP contribution is -2.32. The molecule has 0 bridgehead atoms. The minimum atomic E-state index is -4.10. The Kier molecular flexibility index (Phi) is 4.10. The fraction of sp³-hybridized carbons (Fsp3) is 0.182. The number of aliphatic carboxylic acids is 1. The highest BCUT2D eigenvalue weighted by Gasteiger charge is 2.27. The maximum absolute atomic E-state index is 11.7. The van der Waals surface area contributed by atoms with Crippen molar-refractivity contribution in [3.63, 3.8) is 0 Å². The zero-order chi connectivity index (χ0) is 14.6. The number of nitriles is 2. The first kappa shape index (κ1) is 14.5. The van der Waals surface area contributed by atoms with E-state index in [4.69, 9.17) is 15.6 Å². The van der Waals surface area contributed by atoms with E-state index in [0.29, 0.717) is 0 Å². The van der Waals surface area contributed by atoms with Gasteiger partial charge in [0.2, 0.25) is 10.0 Å². The summed E-state index contributed by atoms with van der Waals surface area (Å²) in [6, 6.07) is 7.27. The van der Waals surface area contributed by atoms with Gasteiger partial charge in [-0.15, -0.1) is 0 Å². The fourth-order valence-corrected chi connectivity index (χ4v) is 2.08. The second-order valence-corrected chi connectivity index (χ2v) is 5.61. The average molecular weight is 279 g/mol. The van der Waals surface area contributed by atoms with Crippen LogP contribution in [0.15, 0.2) is 18.2 Å². The number of rotatable bonds is 4. The summed E-state index contributed by atoms with van der Waals surface area (Å²) in [6.45, 7) is 1.03. The van der Waals surface area contributed by atoms with Gasteiger partial charge in [0.15, 0.2) is 5.25 Å². The lowest BCUT2D eigenvalue weighted by atomic mass is 10.1. The van der Waals surface area contributed by atoms with E-state index >= 15 is 0 Å². The Labute approximate surface area is 109 Å². The minimum Gasteiger partial charge on any atom is -0.480 e. The molecule has 98 valence electrons. The van der Waals surface area contributed by atoms with Crippen molar-refractivity contribution in [2.45, 2.75) is 12.2 Å². The highest BCUT2D eigenvalue weighted by Crippen LogP contribution is 2.17. The van der Waals surface area contributed by atoms with Gasteiger partial charge in [-0.3, -0.25) is 9.52 Å². The largest absolute Gasteiger partial charge is 0.480 e. The van der Waals surface area contributed by atoms with Gasteiger partial charge in [-0.1, -0.05) is 0 Å². The van der Waals surface area contributed by atoms with Gasteiger partial charge in [0.25, 0.3) is 0 Å². The van der Waals surface area contributed by atoms with Crippen molar-refractivity contribution in [1.29, 1.82) is 10.5 Å². The summed E-state index contributed by atoms with van der Waals surface area (Å²) in [6.07, 6.45) is 0. The van der Waals surface area contributed by atoms with Crippen LogP contribution in [0.4, 0.5) is 5.69 Å². The van der Waals surface area contributed by atoms with Crippen molar-refractivity contribution in [1.82, 2.24) is 0 Å². The van der Waals surface area contributed by atoms with Crippen molar-refractivity contribution in [2.24, 2.45) is 0 Å². The zero-order valence-corrected chi connectivity index (χ0v) is 10.6. The van der Waals surface area contributed by atoms with E-state index in [1.165, 1.54) is 18.2 Å². The van der Waals surface area contributed by atoms with Crippen LogP contribution in [0.5, 0.6) is 0 Å². The lowest BCUT2D eigenvalue weighted by Gasteiger charge is -2.11. The normalized spacial score (nSPS) is 11.9. The molecule has 0 spiro atoms. The van der Waals surface area contributed by atoms with Crippen LogP contribution in [-0.4, -0.2) is 24.7 Å². The summed E-state index contributed by atoms with van der Waals surface area (Å²) < 4.78 is 25.4. The van der Waals surface area contributed by atoms with Gasteiger partial charge in [-0.25, -0.2) is 8.42 Å². The number of sulfonamides is 1. The predicted octanol–water partition coefficient (Wildman–Crippen LogP) is 0.645. The van der Waals surface area contributed by atoms with Crippen molar-refractivity contribution >= 4 is 21.7 Å². The van der Waals surface area contributed by atoms with Crippen LogP contribution in [0.3, 0.4) is 0 Å². The quantitative estimate of drug-likeness (QED) is 0.831. The molecular formula is C11H9N3O4S. The van der Waals surface area contributed by atoms with Crippen LogP contribution in [-0.2, 0) is 14.8 Å². The van der Waals surface area contributed by atoms with Gasteiger partial charge in [0.1, 0.15) is 12.1 Å². The molecule has 1 aromatic rings. The molecule has 0 aromatic heterocycles. The smallest absolute Gasteiger partial charge is 0.323 e. The van der Waals surface area contributed by atoms with E-state index in [-0.39, 0.29) is 16.8 Å². The maximum atomic E-state index is 11.7. The van der Waals surface area contributed by atoms with Gasteiger partial charge >= 0.3 is 5.97 Å². The van der Waals surface area contributed by atoms with E-state index in [0.717, 1.165) is 6.92 Å². The average Bonchev–Trinajstić information content (AvgIpc) is 2.36. The standard InChI is InChI=1S/C11H9N3O4S/c1-7(11(15)16)19(17,18)14-10-3-2-8(5-12)9(4-10)6-13/h2-4,7,14H,1H3,(H,15,16). The van der Waals surface area contributed by atoms with Crippen molar-refractivity contribution in [2.75, 3.05) is 4.72 Å². The Morgan fingerprint density at radius 3 is 2.37 bits per heavy atom.